The SMILES string of the molecule is CS(=O)(=O)N[C@H]1CCOC[C@@H]1COc1ccc(-n2cccn2)c(F)c1F. The minimum absolute atomic E-state index is 0.00926. The second-order valence-corrected chi connectivity index (χ2v) is 7.87. The van der Waals surface area contributed by atoms with Crippen molar-refractivity contribution >= 4 is 10.0 Å². The summed E-state index contributed by atoms with van der Waals surface area (Å²) in [5, 5.41) is 3.87. The highest BCUT2D eigenvalue weighted by molar-refractivity contribution is 7.88. The molecule has 0 radical (unpaired) electrons. The minimum Gasteiger partial charge on any atom is -0.490 e. The van der Waals surface area contributed by atoms with Crippen LogP contribution in [0.2, 0.25) is 0 Å². The van der Waals surface area contributed by atoms with E-state index in [-0.39, 0.29) is 36.6 Å². The summed E-state index contributed by atoms with van der Waals surface area (Å²) in [4.78, 5) is 0. The number of aromatic nitrogens is 2. The first kappa shape index (κ1) is 18.7. The van der Waals surface area contributed by atoms with E-state index in [9.17, 15) is 17.2 Å². The molecule has 1 aromatic carbocycles. The molecule has 1 aromatic heterocycles. The van der Waals surface area contributed by atoms with Gasteiger partial charge in [-0.1, -0.05) is 0 Å². The zero-order valence-electron chi connectivity index (χ0n) is 14.1. The number of benzene rings is 1. The number of hydrogen-bond acceptors (Lipinski definition) is 5. The van der Waals surface area contributed by atoms with Gasteiger partial charge in [-0.2, -0.15) is 9.49 Å². The molecule has 1 aliphatic heterocycles. The Morgan fingerprint density at radius 1 is 1.38 bits per heavy atom. The van der Waals surface area contributed by atoms with Crippen LogP contribution in [0.3, 0.4) is 0 Å². The molecule has 1 N–H and O–H groups in total. The van der Waals surface area contributed by atoms with Crippen LogP contribution in [0.25, 0.3) is 5.69 Å². The van der Waals surface area contributed by atoms with Crippen molar-refractivity contribution in [1.29, 1.82) is 0 Å². The van der Waals surface area contributed by atoms with Gasteiger partial charge >= 0.3 is 0 Å². The van der Waals surface area contributed by atoms with E-state index in [1.807, 2.05) is 0 Å². The average molecular weight is 387 g/mol. The highest BCUT2D eigenvalue weighted by Gasteiger charge is 2.29. The molecule has 0 spiro atoms. The van der Waals surface area contributed by atoms with E-state index in [1.54, 1.807) is 6.07 Å². The monoisotopic (exact) mass is 387 g/mol. The molecule has 3 rings (SSSR count). The third-order valence-electron chi connectivity index (χ3n) is 4.07. The van der Waals surface area contributed by atoms with Crippen LogP contribution in [0.15, 0.2) is 30.6 Å². The molecule has 1 fully saturated rings. The smallest absolute Gasteiger partial charge is 0.208 e. The van der Waals surface area contributed by atoms with Crippen molar-refractivity contribution in [2.45, 2.75) is 12.5 Å². The minimum atomic E-state index is -3.39. The molecule has 0 saturated carbocycles. The number of hydrogen-bond donors (Lipinski definition) is 1. The Kier molecular flexibility index (Phi) is 5.54. The van der Waals surface area contributed by atoms with Crippen LogP contribution < -0.4 is 9.46 Å². The van der Waals surface area contributed by atoms with Crippen molar-refractivity contribution in [1.82, 2.24) is 14.5 Å². The van der Waals surface area contributed by atoms with Crippen LogP contribution in [0, 0.1) is 17.6 Å². The summed E-state index contributed by atoms with van der Waals surface area (Å²) in [7, 11) is -3.39. The topological polar surface area (TPSA) is 82.5 Å². The lowest BCUT2D eigenvalue weighted by atomic mass is 9.98. The van der Waals surface area contributed by atoms with Gasteiger partial charge < -0.3 is 9.47 Å². The fraction of sp³-hybridized carbons (Fsp3) is 0.438. The first-order chi connectivity index (χ1) is 12.3. The molecule has 142 valence electrons. The maximum Gasteiger partial charge on any atom is 0.208 e. The molecular weight excluding hydrogens is 368 g/mol. The van der Waals surface area contributed by atoms with Crippen LogP contribution in [0.5, 0.6) is 5.75 Å². The van der Waals surface area contributed by atoms with Gasteiger partial charge in [-0.05, 0) is 24.6 Å². The first-order valence-corrected chi connectivity index (χ1v) is 9.90. The Morgan fingerprint density at radius 3 is 2.88 bits per heavy atom. The zero-order valence-corrected chi connectivity index (χ0v) is 14.9. The number of rotatable bonds is 6. The van der Waals surface area contributed by atoms with E-state index in [1.165, 1.54) is 29.2 Å². The predicted molar refractivity (Wildman–Crippen MR) is 89.7 cm³/mol. The van der Waals surface area contributed by atoms with Crippen LogP contribution >= 0.6 is 0 Å². The Bertz CT molecular complexity index is 859. The van der Waals surface area contributed by atoms with Gasteiger partial charge in [0.05, 0.1) is 19.5 Å². The van der Waals surface area contributed by atoms with E-state index in [0.717, 1.165) is 6.26 Å². The van der Waals surface area contributed by atoms with Crippen LogP contribution in [0.4, 0.5) is 8.78 Å². The molecule has 2 atom stereocenters. The fourth-order valence-corrected chi connectivity index (χ4v) is 3.67. The third-order valence-corrected chi connectivity index (χ3v) is 4.80. The maximum absolute atomic E-state index is 14.3. The van der Waals surface area contributed by atoms with Crippen molar-refractivity contribution in [3.8, 4) is 11.4 Å². The number of halogens is 2. The second kappa shape index (κ2) is 7.68. The first-order valence-electron chi connectivity index (χ1n) is 8.01. The van der Waals surface area contributed by atoms with Crippen molar-refractivity contribution < 1.29 is 26.7 Å². The Morgan fingerprint density at radius 2 is 2.19 bits per heavy atom. The summed E-state index contributed by atoms with van der Waals surface area (Å²) in [6, 6.07) is 3.90. The molecule has 2 heterocycles. The summed E-state index contributed by atoms with van der Waals surface area (Å²) < 4.78 is 66.0. The summed E-state index contributed by atoms with van der Waals surface area (Å²) >= 11 is 0. The second-order valence-electron chi connectivity index (χ2n) is 6.09. The molecule has 26 heavy (non-hydrogen) atoms. The van der Waals surface area contributed by atoms with Gasteiger partial charge in [0.15, 0.2) is 11.6 Å². The van der Waals surface area contributed by atoms with E-state index in [4.69, 9.17) is 9.47 Å². The van der Waals surface area contributed by atoms with E-state index >= 15 is 0 Å². The summed E-state index contributed by atoms with van der Waals surface area (Å²) in [5.74, 6) is -2.76. The van der Waals surface area contributed by atoms with Crippen LogP contribution in [-0.4, -0.2) is 50.3 Å². The van der Waals surface area contributed by atoms with Gasteiger partial charge in [-0.15, -0.1) is 0 Å². The largest absolute Gasteiger partial charge is 0.490 e. The highest BCUT2D eigenvalue weighted by Crippen LogP contribution is 2.26. The molecular formula is C16H19F2N3O4S. The lowest BCUT2D eigenvalue weighted by Gasteiger charge is -2.31. The summed E-state index contributed by atoms with van der Waals surface area (Å²) in [5.41, 5.74) is -0.0301. The van der Waals surface area contributed by atoms with Gasteiger partial charge in [-0.25, -0.2) is 22.2 Å². The van der Waals surface area contributed by atoms with Gasteiger partial charge in [-0.3, -0.25) is 0 Å². The average Bonchev–Trinajstić information content (AvgIpc) is 3.10. The van der Waals surface area contributed by atoms with Gasteiger partial charge in [0.1, 0.15) is 5.69 Å². The van der Waals surface area contributed by atoms with Crippen molar-refractivity contribution in [3.05, 3.63) is 42.2 Å². The molecule has 1 saturated heterocycles. The van der Waals surface area contributed by atoms with Crippen LogP contribution in [0.1, 0.15) is 6.42 Å². The number of nitrogens with zero attached hydrogens (tertiary/aromatic N) is 2. The van der Waals surface area contributed by atoms with Crippen molar-refractivity contribution in [2.24, 2.45) is 5.92 Å². The normalized spacial score (nSPS) is 20.9. The zero-order chi connectivity index (χ0) is 18.7. The van der Waals surface area contributed by atoms with E-state index < -0.39 is 21.7 Å². The quantitative estimate of drug-likeness (QED) is 0.812. The fourth-order valence-electron chi connectivity index (χ4n) is 2.81. The summed E-state index contributed by atoms with van der Waals surface area (Å²) in [6.07, 6.45) is 4.51. The van der Waals surface area contributed by atoms with Crippen molar-refractivity contribution in [2.75, 3.05) is 26.1 Å². The molecule has 10 heteroatoms. The van der Waals surface area contributed by atoms with Gasteiger partial charge in [0.2, 0.25) is 15.8 Å². The lowest BCUT2D eigenvalue weighted by Crippen LogP contribution is -2.47. The van der Waals surface area contributed by atoms with Gasteiger partial charge in [0, 0.05) is 31.0 Å². The molecule has 0 unspecified atom stereocenters. The summed E-state index contributed by atoms with van der Waals surface area (Å²) in [6.45, 7) is 0.679. The lowest BCUT2D eigenvalue weighted by molar-refractivity contribution is 0.0180. The standard InChI is InChI=1S/C16H19F2N3O4S/c1-26(22,23)20-12-5-8-24-9-11(12)10-25-14-4-3-13(15(17)16(14)18)21-7-2-6-19-21/h2-4,6-7,11-12,20H,5,8-10H2,1H3/t11-,12+/m1/s1. The van der Waals surface area contributed by atoms with Crippen LogP contribution in [-0.2, 0) is 14.8 Å². The Hall–Kier alpha value is -2.04. The third kappa shape index (κ3) is 4.37. The van der Waals surface area contributed by atoms with E-state index in [2.05, 4.69) is 9.82 Å². The maximum atomic E-state index is 14.3. The molecule has 0 bridgehead atoms. The molecule has 0 amide bonds. The Labute approximate surface area is 150 Å². The molecule has 0 aliphatic carbocycles. The Balaban J connectivity index is 1.71. The number of sulfonamides is 1. The number of nitrogens with one attached hydrogen (secondary N) is 1. The number of ether oxygens (including phenoxy) is 2. The highest BCUT2D eigenvalue weighted by atomic mass is 32.2. The van der Waals surface area contributed by atoms with E-state index in [0.29, 0.717) is 13.0 Å². The van der Waals surface area contributed by atoms with Crippen molar-refractivity contribution in [3.63, 3.8) is 0 Å². The predicted octanol–water partition coefficient (Wildman–Crippen LogP) is 1.48. The van der Waals surface area contributed by atoms with Gasteiger partial charge in [0.25, 0.3) is 0 Å². The molecule has 7 nitrogen and oxygen atoms in total. The molecule has 2 aromatic rings. The molecule has 1 aliphatic rings.